The minimum atomic E-state index is -6.13. The Balaban J connectivity index is 0.000000397. The second-order valence-corrected chi connectivity index (χ2v) is 17.8. The van der Waals surface area contributed by atoms with E-state index >= 15 is 0 Å². The van der Waals surface area contributed by atoms with E-state index in [1.54, 1.807) is 0 Å². The van der Waals surface area contributed by atoms with Gasteiger partial charge in [-0.15, -0.1) is 0 Å². The molecule has 0 spiro atoms. The monoisotopic (exact) mass is 1130 g/mol. The molecule has 0 amide bonds. The van der Waals surface area contributed by atoms with Gasteiger partial charge < -0.3 is 4.74 Å². The fourth-order valence-electron chi connectivity index (χ4n) is 8.87. The first-order valence-corrected chi connectivity index (χ1v) is 22.2. The number of hydrogen-bond donors (Lipinski definition) is 0. The summed E-state index contributed by atoms with van der Waals surface area (Å²) in [4.78, 5) is 0. The van der Waals surface area contributed by atoms with Gasteiger partial charge in [0.25, 0.3) is 0 Å². The molecule has 1 aliphatic carbocycles. The first-order chi connectivity index (χ1) is 35.2. The minimum Gasteiger partial charge on any atom is -0.490 e. The Hall–Kier alpha value is -6.57. The highest BCUT2D eigenvalue weighted by atomic mass is 19.4. The number of hydrogen-bond acceptors (Lipinski definition) is 1. The molecule has 0 bridgehead atoms. The molecule has 27 heteroatoms. The molecule has 1 aromatic heterocycles. The summed E-state index contributed by atoms with van der Waals surface area (Å²) in [5, 5.41) is 0. The maximum absolute atomic E-state index is 14.2. The van der Waals surface area contributed by atoms with E-state index in [0.29, 0.717) is 6.10 Å². The SMILES string of the molecule is FC(F)(F)c1cc([B-](c2cc(C(F)(F)F)cc(C(F)(F)F)c2)(c2cc(C(F)(F)F)cc(C(F)(F)F)c2)c2cc(C(F)(F)F)cc(C(F)(F)F)c2)cc(C(F)(F)F)c1.c1cc[n+](Cc2ccc(OC3CCCCC3)cc2)cc1. The zero-order chi connectivity index (χ0) is 57.5. The lowest BCUT2D eigenvalue weighted by Gasteiger charge is -2.46. The smallest absolute Gasteiger partial charge is 0.416 e. The molecule has 7 rings (SSSR count). The lowest BCUT2D eigenvalue weighted by molar-refractivity contribution is -0.688. The summed E-state index contributed by atoms with van der Waals surface area (Å²) in [7, 11) is 0. The van der Waals surface area contributed by atoms with Crippen molar-refractivity contribution >= 4 is 28.0 Å². The Kier molecular flexibility index (Phi) is 16.5. The standard InChI is InChI=1S/C32H12BF24.C18H22NO/c34-25(35,36)13-1-14(26(37,38)39)6-21(5-13)33(22-7-15(27(40,41)42)2-16(8-22)28(43,44)45,23-9-17(29(46,47)48)3-18(10-23)30(49,50)51)24-11-19(31(52,53)54)4-20(12-24)32(55,56)57;1-3-7-17(8-4-1)20-18-11-9-16(10-12-18)15-19-13-5-2-6-14-19/h1-12H;2,5-6,9-14,17H,1,3-4,7-8,15H2/q-1;+1. The zero-order valence-electron chi connectivity index (χ0n) is 38.4. The van der Waals surface area contributed by atoms with Crippen molar-refractivity contribution in [2.75, 3.05) is 0 Å². The van der Waals surface area contributed by atoms with Crippen LogP contribution in [0.2, 0.25) is 0 Å². The Morgan fingerprint density at radius 3 is 0.857 bits per heavy atom. The quantitative estimate of drug-likeness (QED) is 0.0841. The first kappa shape index (κ1) is 59.7. The number of pyridine rings is 1. The van der Waals surface area contributed by atoms with Crippen LogP contribution < -0.4 is 31.2 Å². The van der Waals surface area contributed by atoms with E-state index in [2.05, 4.69) is 53.4 Å². The van der Waals surface area contributed by atoms with Crippen LogP contribution in [0.25, 0.3) is 0 Å². The summed E-state index contributed by atoms with van der Waals surface area (Å²) in [6.07, 6.45) is -43.8. The van der Waals surface area contributed by atoms with E-state index in [1.807, 2.05) is 6.07 Å². The largest absolute Gasteiger partial charge is 0.490 e. The van der Waals surface area contributed by atoms with E-state index in [4.69, 9.17) is 4.74 Å². The van der Waals surface area contributed by atoms with E-state index < -0.39 is 195 Å². The lowest BCUT2D eigenvalue weighted by Crippen LogP contribution is -2.75. The molecule has 1 heterocycles. The lowest BCUT2D eigenvalue weighted by atomic mass is 9.12. The van der Waals surface area contributed by atoms with Crippen molar-refractivity contribution in [3.8, 4) is 5.75 Å². The second-order valence-electron chi connectivity index (χ2n) is 17.8. The summed E-state index contributed by atoms with van der Waals surface area (Å²) < 4.78 is 349. The van der Waals surface area contributed by atoms with Gasteiger partial charge in [-0.2, -0.15) is 127 Å². The molecule has 0 saturated heterocycles. The van der Waals surface area contributed by atoms with Crippen molar-refractivity contribution in [1.29, 1.82) is 0 Å². The molecule has 1 fully saturated rings. The van der Waals surface area contributed by atoms with E-state index in [9.17, 15) is 105 Å². The molecule has 1 aliphatic rings. The molecule has 5 aromatic carbocycles. The maximum Gasteiger partial charge on any atom is 0.416 e. The molecule has 0 radical (unpaired) electrons. The summed E-state index contributed by atoms with van der Waals surface area (Å²) >= 11 is 0. The second kappa shape index (κ2) is 21.3. The van der Waals surface area contributed by atoms with Crippen molar-refractivity contribution in [3.05, 3.63) is 178 Å². The van der Waals surface area contributed by atoms with Gasteiger partial charge in [-0.3, -0.25) is 0 Å². The molecule has 416 valence electrons. The minimum absolute atomic E-state index is 0.429. The van der Waals surface area contributed by atoms with Crippen LogP contribution in [0.5, 0.6) is 5.75 Å². The normalized spacial score (nSPS) is 14.8. The van der Waals surface area contributed by atoms with Crippen molar-refractivity contribution in [2.24, 2.45) is 0 Å². The highest BCUT2D eigenvalue weighted by Crippen LogP contribution is 2.41. The van der Waals surface area contributed by atoms with Gasteiger partial charge in [0, 0.05) is 17.7 Å². The van der Waals surface area contributed by atoms with Gasteiger partial charge in [0.1, 0.15) is 11.9 Å². The van der Waals surface area contributed by atoms with Gasteiger partial charge in [-0.25, -0.2) is 4.57 Å². The highest BCUT2D eigenvalue weighted by Gasteiger charge is 2.47. The zero-order valence-corrected chi connectivity index (χ0v) is 38.4. The number of halogens is 24. The summed E-state index contributed by atoms with van der Waals surface area (Å²) in [5.74, 6) is 1.01. The molecule has 0 unspecified atom stereocenters. The number of benzene rings is 5. The number of rotatable bonds is 8. The third-order valence-corrected chi connectivity index (χ3v) is 12.4. The third kappa shape index (κ3) is 14.5. The van der Waals surface area contributed by atoms with Gasteiger partial charge in [0.15, 0.2) is 18.9 Å². The number of ether oxygens (including phenoxy) is 1. The van der Waals surface area contributed by atoms with Crippen molar-refractivity contribution < 1.29 is 115 Å². The van der Waals surface area contributed by atoms with Crippen molar-refractivity contribution in [1.82, 2.24) is 0 Å². The van der Waals surface area contributed by atoms with Crippen molar-refractivity contribution in [3.63, 3.8) is 0 Å². The van der Waals surface area contributed by atoms with Gasteiger partial charge in [-0.05, 0) is 74.2 Å². The fraction of sp³-hybridized carbons (Fsp3) is 0.300. The molecular weight excluding hydrogens is 1100 g/mol. The van der Waals surface area contributed by atoms with E-state index in [1.165, 1.54) is 37.7 Å². The van der Waals surface area contributed by atoms with Crippen LogP contribution in [0.4, 0.5) is 105 Å². The number of alkyl halides is 24. The average molecular weight is 1130 g/mol. The summed E-state index contributed by atoms with van der Waals surface area (Å²) in [6, 6.07) is 5.88. The van der Waals surface area contributed by atoms with Crippen LogP contribution in [0.3, 0.4) is 0 Å². The van der Waals surface area contributed by atoms with Gasteiger partial charge >= 0.3 is 49.4 Å². The topological polar surface area (TPSA) is 13.1 Å². The predicted molar refractivity (Wildman–Crippen MR) is 230 cm³/mol. The predicted octanol–water partition coefficient (Wildman–Crippen LogP) is 14.9. The molecule has 0 N–H and O–H groups in total. The average Bonchev–Trinajstić information content (AvgIpc) is 3.31. The Bertz CT molecular complexity index is 2560. The fourth-order valence-corrected chi connectivity index (χ4v) is 8.87. The molecule has 0 aliphatic heterocycles. The van der Waals surface area contributed by atoms with E-state index in [-0.39, 0.29) is 0 Å². The van der Waals surface area contributed by atoms with Crippen LogP contribution >= 0.6 is 0 Å². The van der Waals surface area contributed by atoms with Gasteiger partial charge in [0.2, 0.25) is 0 Å². The molecular formula is C50H34BF24NO. The van der Waals surface area contributed by atoms with Crippen LogP contribution in [0.15, 0.2) is 128 Å². The molecule has 0 atom stereocenters. The van der Waals surface area contributed by atoms with Gasteiger partial charge in [-0.1, -0.05) is 61.0 Å². The maximum atomic E-state index is 14.2. The van der Waals surface area contributed by atoms with E-state index in [0.717, 1.165) is 12.3 Å². The Morgan fingerprint density at radius 1 is 0.351 bits per heavy atom. The molecule has 2 nitrogen and oxygen atoms in total. The molecule has 77 heavy (non-hydrogen) atoms. The van der Waals surface area contributed by atoms with Crippen LogP contribution in [0, 0.1) is 0 Å². The number of nitrogens with zero attached hydrogens (tertiary/aromatic N) is 1. The summed E-state index contributed by atoms with van der Waals surface area (Å²) in [6.45, 7) is 0.907. The van der Waals surface area contributed by atoms with Gasteiger partial charge in [0.05, 0.1) is 50.6 Å². The number of aromatic nitrogens is 1. The molecule has 6 aromatic rings. The van der Waals surface area contributed by atoms with Crippen LogP contribution in [-0.4, -0.2) is 12.2 Å². The Labute approximate surface area is 419 Å². The summed E-state index contributed by atoms with van der Waals surface area (Å²) in [5.41, 5.74) is -28.9. The van der Waals surface area contributed by atoms with Crippen LogP contribution in [-0.2, 0) is 56.0 Å². The Morgan fingerprint density at radius 2 is 0.610 bits per heavy atom. The first-order valence-electron chi connectivity index (χ1n) is 22.2. The highest BCUT2D eigenvalue weighted by molar-refractivity contribution is 7.20. The van der Waals surface area contributed by atoms with Crippen LogP contribution in [0.1, 0.15) is 82.2 Å². The third-order valence-electron chi connectivity index (χ3n) is 12.4. The van der Waals surface area contributed by atoms with Crippen molar-refractivity contribution in [2.45, 2.75) is 94.2 Å². The molecule has 1 saturated carbocycles.